The first-order valence-electron chi connectivity index (χ1n) is 9.32. The van der Waals surface area contributed by atoms with E-state index in [1.165, 1.54) is 53.5 Å². The van der Waals surface area contributed by atoms with Crippen molar-refractivity contribution in [2.45, 2.75) is 13.1 Å². The van der Waals surface area contributed by atoms with Crippen LogP contribution >= 0.6 is 11.3 Å². The lowest BCUT2D eigenvalue weighted by molar-refractivity contribution is -0.153. The standard InChI is InChI=1S/C22H18F3N3O3S/c1-15(29)28(17-7-3-2-4-8-17)21-26-16(13-32-21)11-12-20(30)27-18-9-5-6-10-19(18)31-14-22(23,24)25/h2-13H,14H2,1H3,(H,27,30)/b12-11+. The molecule has 0 saturated carbocycles. The minimum atomic E-state index is -4.49. The number of benzene rings is 2. The number of carbonyl (C=O) groups is 2. The fourth-order valence-electron chi connectivity index (χ4n) is 2.65. The Morgan fingerprint density at radius 1 is 1.12 bits per heavy atom. The number of aromatic nitrogens is 1. The Bertz CT molecular complexity index is 1110. The molecule has 6 nitrogen and oxygen atoms in total. The average Bonchev–Trinajstić information content (AvgIpc) is 3.20. The summed E-state index contributed by atoms with van der Waals surface area (Å²) < 4.78 is 42.0. The molecule has 0 aliphatic carbocycles. The largest absolute Gasteiger partial charge is 0.482 e. The van der Waals surface area contributed by atoms with Crippen LogP contribution in [0.2, 0.25) is 0 Å². The molecule has 2 aromatic carbocycles. The van der Waals surface area contributed by atoms with Crippen LogP contribution in [0.15, 0.2) is 66.1 Å². The van der Waals surface area contributed by atoms with Crippen molar-refractivity contribution in [3.8, 4) is 5.75 Å². The number of thiazole rings is 1. The Morgan fingerprint density at radius 2 is 1.81 bits per heavy atom. The highest BCUT2D eigenvalue weighted by Gasteiger charge is 2.28. The Morgan fingerprint density at radius 3 is 2.50 bits per heavy atom. The number of nitrogens with one attached hydrogen (secondary N) is 1. The van der Waals surface area contributed by atoms with Crippen LogP contribution in [0.5, 0.6) is 5.75 Å². The molecule has 10 heteroatoms. The minimum absolute atomic E-state index is 0.0949. The maximum Gasteiger partial charge on any atom is 0.422 e. The number of para-hydroxylation sites is 3. The number of rotatable bonds is 7. The third-order valence-corrected chi connectivity index (χ3v) is 4.82. The van der Waals surface area contributed by atoms with E-state index in [0.717, 1.165) is 0 Å². The summed E-state index contributed by atoms with van der Waals surface area (Å²) >= 11 is 1.23. The Balaban J connectivity index is 1.69. The van der Waals surface area contributed by atoms with Crippen LogP contribution in [-0.4, -0.2) is 29.6 Å². The first kappa shape index (κ1) is 23.0. The van der Waals surface area contributed by atoms with E-state index < -0.39 is 18.7 Å². The van der Waals surface area contributed by atoms with Gasteiger partial charge in [-0.05, 0) is 30.3 Å². The molecule has 166 valence electrons. The van der Waals surface area contributed by atoms with E-state index in [-0.39, 0.29) is 17.3 Å². The van der Waals surface area contributed by atoms with Gasteiger partial charge < -0.3 is 10.1 Å². The van der Waals surface area contributed by atoms with Gasteiger partial charge in [-0.2, -0.15) is 13.2 Å². The molecule has 0 saturated heterocycles. The summed E-state index contributed by atoms with van der Waals surface area (Å²) in [4.78, 5) is 30.2. The normalized spacial score (nSPS) is 11.4. The number of alkyl halides is 3. The van der Waals surface area contributed by atoms with E-state index in [0.29, 0.717) is 16.5 Å². The SMILES string of the molecule is CC(=O)N(c1ccccc1)c1nc(/C=C/C(=O)Nc2ccccc2OCC(F)(F)F)cs1. The maximum absolute atomic E-state index is 12.4. The molecule has 0 unspecified atom stereocenters. The van der Waals surface area contributed by atoms with Gasteiger partial charge in [0, 0.05) is 18.4 Å². The van der Waals surface area contributed by atoms with Crippen LogP contribution in [0.3, 0.4) is 0 Å². The van der Waals surface area contributed by atoms with Gasteiger partial charge in [-0.1, -0.05) is 30.3 Å². The highest BCUT2D eigenvalue weighted by Crippen LogP contribution is 2.29. The fraction of sp³-hybridized carbons (Fsp3) is 0.136. The summed E-state index contributed by atoms with van der Waals surface area (Å²) in [5.74, 6) is -0.883. The lowest BCUT2D eigenvalue weighted by atomic mass is 10.3. The van der Waals surface area contributed by atoms with Crippen molar-refractivity contribution in [3.05, 3.63) is 71.7 Å². The van der Waals surface area contributed by atoms with Crippen LogP contribution in [0, 0.1) is 0 Å². The van der Waals surface area contributed by atoms with E-state index in [2.05, 4.69) is 10.3 Å². The molecule has 0 spiro atoms. The number of ether oxygens (including phenoxy) is 1. The average molecular weight is 461 g/mol. The Labute approximate surface area is 186 Å². The van der Waals surface area contributed by atoms with Crippen LogP contribution in [0.1, 0.15) is 12.6 Å². The second kappa shape index (κ2) is 10.1. The van der Waals surface area contributed by atoms with Crippen molar-refractivity contribution in [2.24, 2.45) is 0 Å². The topological polar surface area (TPSA) is 71.5 Å². The van der Waals surface area contributed by atoms with Gasteiger partial charge in [-0.15, -0.1) is 11.3 Å². The highest BCUT2D eigenvalue weighted by atomic mass is 32.1. The first-order valence-corrected chi connectivity index (χ1v) is 10.2. The van der Waals surface area contributed by atoms with E-state index in [9.17, 15) is 22.8 Å². The molecule has 3 aromatic rings. The summed E-state index contributed by atoms with van der Waals surface area (Å²) in [6, 6.07) is 14.8. The molecule has 0 aliphatic heterocycles. The van der Waals surface area contributed by atoms with Gasteiger partial charge in [-0.3, -0.25) is 14.5 Å². The molecule has 32 heavy (non-hydrogen) atoms. The van der Waals surface area contributed by atoms with Gasteiger partial charge in [0.2, 0.25) is 11.8 Å². The number of hydrogen-bond donors (Lipinski definition) is 1. The summed E-state index contributed by atoms with van der Waals surface area (Å²) in [6.45, 7) is -0.0406. The molecule has 0 radical (unpaired) electrons. The van der Waals surface area contributed by atoms with Gasteiger partial charge in [0.25, 0.3) is 0 Å². The van der Waals surface area contributed by atoms with Crippen molar-refractivity contribution in [1.82, 2.24) is 4.98 Å². The van der Waals surface area contributed by atoms with Gasteiger partial charge >= 0.3 is 6.18 Å². The van der Waals surface area contributed by atoms with Crippen LogP contribution < -0.4 is 15.0 Å². The summed E-state index contributed by atoms with van der Waals surface area (Å²) in [6.07, 6.45) is -1.86. The molecule has 0 atom stereocenters. The maximum atomic E-state index is 12.4. The Kier molecular flexibility index (Phi) is 7.26. The predicted molar refractivity (Wildman–Crippen MR) is 117 cm³/mol. The van der Waals surface area contributed by atoms with Crippen LogP contribution in [0.4, 0.5) is 29.7 Å². The molecule has 1 N–H and O–H groups in total. The van der Waals surface area contributed by atoms with Gasteiger partial charge in [0.05, 0.1) is 17.1 Å². The minimum Gasteiger partial charge on any atom is -0.482 e. The number of hydrogen-bond acceptors (Lipinski definition) is 5. The highest BCUT2D eigenvalue weighted by molar-refractivity contribution is 7.14. The van der Waals surface area contributed by atoms with Crippen molar-refractivity contribution in [1.29, 1.82) is 0 Å². The fourth-order valence-corrected chi connectivity index (χ4v) is 3.51. The van der Waals surface area contributed by atoms with Gasteiger partial charge in [0.15, 0.2) is 11.7 Å². The van der Waals surface area contributed by atoms with E-state index in [1.54, 1.807) is 35.7 Å². The predicted octanol–water partition coefficient (Wildman–Crippen LogP) is 5.42. The van der Waals surface area contributed by atoms with Crippen LogP contribution in [0.25, 0.3) is 6.08 Å². The molecular weight excluding hydrogens is 443 g/mol. The molecule has 1 heterocycles. The molecule has 3 rings (SSSR count). The van der Waals surface area contributed by atoms with Crippen molar-refractivity contribution in [3.63, 3.8) is 0 Å². The monoisotopic (exact) mass is 461 g/mol. The summed E-state index contributed by atoms with van der Waals surface area (Å²) in [5.41, 5.74) is 1.22. The van der Waals surface area contributed by atoms with E-state index >= 15 is 0 Å². The smallest absolute Gasteiger partial charge is 0.422 e. The van der Waals surface area contributed by atoms with Gasteiger partial charge in [-0.25, -0.2) is 4.98 Å². The quantitative estimate of drug-likeness (QED) is 0.477. The zero-order valence-electron chi connectivity index (χ0n) is 16.8. The molecular formula is C22H18F3N3O3S. The van der Waals surface area contributed by atoms with Crippen molar-refractivity contribution < 1.29 is 27.5 Å². The number of amides is 2. The second-order valence-corrected chi connectivity index (χ2v) is 7.30. The van der Waals surface area contributed by atoms with Crippen molar-refractivity contribution in [2.75, 3.05) is 16.8 Å². The number of halogens is 3. The second-order valence-electron chi connectivity index (χ2n) is 6.47. The Hall–Kier alpha value is -3.66. The van der Waals surface area contributed by atoms with Crippen molar-refractivity contribution >= 4 is 45.7 Å². The third kappa shape index (κ3) is 6.42. The zero-order chi connectivity index (χ0) is 23.1. The first-order chi connectivity index (χ1) is 15.2. The molecule has 0 bridgehead atoms. The lowest BCUT2D eigenvalue weighted by Gasteiger charge is -2.17. The molecule has 1 aromatic heterocycles. The zero-order valence-corrected chi connectivity index (χ0v) is 17.6. The summed E-state index contributed by atoms with van der Waals surface area (Å²) in [7, 11) is 0. The molecule has 2 amide bonds. The van der Waals surface area contributed by atoms with Crippen LogP contribution in [-0.2, 0) is 9.59 Å². The van der Waals surface area contributed by atoms with Gasteiger partial charge in [0.1, 0.15) is 5.75 Å². The third-order valence-electron chi connectivity index (χ3n) is 3.97. The number of nitrogens with zero attached hydrogens (tertiary/aromatic N) is 2. The number of anilines is 3. The summed E-state index contributed by atoms with van der Waals surface area (Å²) in [5, 5.41) is 4.60. The van der Waals surface area contributed by atoms with E-state index in [4.69, 9.17) is 4.74 Å². The number of carbonyl (C=O) groups excluding carboxylic acids is 2. The molecule has 0 fully saturated rings. The lowest BCUT2D eigenvalue weighted by Crippen LogP contribution is -2.22. The molecule has 0 aliphatic rings. The van der Waals surface area contributed by atoms with E-state index in [1.807, 2.05) is 6.07 Å².